The molecule has 2 aromatic heterocycles. The number of hydrogen-bond acceptors (Lipinski definition) is 3. The molecule has 0 bridgehead atoms. The lowest BCUT2D eigenvalue weighted by molar-refractivity contribution is 0.623. The lowest BCUT2D eigenvalue weighted by Crippen LogP contribution is -2.37. The molecule has 102 valence electrons. The van der Waals surface area contributed by atoms with Crippen LogP contribution in [0.3, 0.4) is 0 Å². The van der Waals surface area contributed by atoms with Crippen LogP contribution >= 0.6 is 34.5 Å². The third-order valence-electron chi connectivity index (χ3n) is 2.79. The molecule has 0 saturated heterocycles. The van der Waals surface area contributed by atoms with Gasteiger partial charge in [0.05, 0.1) is 9.90 Å². The number of nitrogens with zero attached hydrogens (tertiary/aromatic N) is 1. The van der Waals surface area contributed by atoms with Crippen LogP contribution in [0.2, 0.25) is 9.49 Å². The van der Waals surface area contributed by atoms with Crippen LogP contribution < -0.4 is 11.2 Å². The Balaban J connectivity index is 2.30. The minimum atomic E-state index is -0.477. The zero-order valence-corrected chi connectivity index (χ0v) is 12.5. The molecule has 0 aliphatic rings. The number of rotatable bonds is 4. The maximum Gasteiger partial charge on any atom is 0.329 e. The molecule has 2 rings (SSSR count). The van der Waals surface area contributed by atoms with Crippen molar-refractivity contribution < 1.29 is 0 Å². The summed E-state index contributed by atoms with van der Waals surface area (Å²) in [6.07, 6.45) is 1.07. The summed E-state index contributed by atoms with van der Waals surface area (Å²) in [5.41, 5.74) is -0.362. The second kappa shape index (κ2) is 5.94. The van der Waals surface area contributed by atoms with E-state index in [9.17, 15) is 9.59 Å². The molecule has 19 heavy (non-hydrogen) atoms. The predicted molar refractivity (Wildman–Crippen MR) is 78.7 cm³/mol. The first-order valence-electron chi connectivity index (χ1n) is 5.78. The number of aryl methyl sites for hydroxylation is 1. The number of nitrogens with one attached hydrogen (secondary N) is 1. The molecule has 0 aliphatic heterocycles. The standard InChI is InChI=1S/C12H12Cl2N2O2S/c1-2-8-10(14)15-12(18)16(11(8)17)6-5-7-3-4-9(13)19-7/h3-4H,2,5-6H2,1H3,(H,15,18). The van der Waals surface area contributed by atoms with Crippen molar-refractivity contribution in [3.63, 3.8) is 0 Å². The van der Waals surface area contributed by atoms with Crippen LogP contribution in [0.4, 0.5) is 0 Å². The van der Waals surface area contributed by atoms with Crippen LogP contribution in [-0.2, 0) is 19.4 Å². The summed E-state index contributed by atoms with van der Waals surface area (Å²) >= 11 is 13.1. The van der Waals surface area contributed by atoms with Gasteiger partial charge in [0, 0.05) is 17.8 Å². The molecule has 0 spiro atoms. The van der Waals surface area contributed by atoms with E-state index < -0.39 is 5.69 Å². The molecule has 0 aromatic carbocycles. The fourth-order valence-electron chi connectivity index (χ4n) is 1.80. The minimum Gasteiger partial charge on any atom is -0.297 e. The maximum absolute atomic E-state index is 12.1. The number of halogens is 2. The molecule has 0 atom stereocenters. The Morgan fingerprint density at radius 2 is 2.05 bits per heavy atom. The largest absolute Gasteiger partial charge is 0.329 e. The molecule has 7 heteroatoms. The van der Waals surface area contributed by atoms with Crippen LogP contribution in [0.25, 0.3) is 0 Å². The Hall–Kier alpha value is -1.04. The van der Waals surface area contributed by atoms with Crippen molar-refractivity contribution in [2.45, 2.75) is 26.3 Å². The Kier molecular flexibility index (Phi) is 4.50. The molecule has 4 nitrogen and oxygen atoms in total. The van der Waals surface area contributed by atoms with Gasteiger partial charge in [-0.3, -0.25) is 14.3 Å². The number of hydrogen-bond donors (Lipinski definition) is 1. The minimum absolute atomic E-state index is 0.132. The molecule has 0 fully saturated rings. The van der Waals surface area contributed by atoms with Gasteiger partial charge in [-0.15, -0.1) is 11.3 Å². The van der Waals surface area contributed by atoms with E-state index in [2.05, 4.69) is 4.98 Å². The van der Waals surface area contributed by atoms with Gasteiger partial charge in [0.1, 0.15) is 5.15 Å². The highest BCUT2D eigenvalue weighted by molar-refractivity contribution is 7.16. The van der Waals surface area contributed by atoms with Crippen LogP contribution in [0.1, 0.15) is 17.4 Å². The van der Waals surface area contributed by atoms with Crippen LogP contribution in [0.5, 0.6) is 0 Å². The topological polar surface area (TPSA) is 54.9 Å². The normalized spacial score (nSPS) is 10.9. The van der Waals surface area contributed by atoms with Crippen LogP contribution in [0, 0.1) is 0 Å². The summed E-state index contributed by atoms with van der Waals surface area (Å²) in [5, 5.41) is 0.132. The summed E-state index contributed by atoms with van der Waals surface area (Å²) in [5.74, 6) is 0. The number of H-pyrrole nitrogens is 1. The van der Waals surface area contributed by atoms with Crippen molar-refractivity contribution in [2.24, 2.45) is 0 Å². The Morgan fingerprint density at radius 1 is 1.32 bits per heavy atom. The quantitative estimate of drug-likeness (QED) is 0.881. The van der Waals surface area contributed by atoms with Gasteiger partial charge in [0.15, 0.2) is 0 Å². The van der Waals surface area contributed by atoms with Gasteiger partial charge < -0.3 is 0 Å². The second-order valence-electron chi connectivity index (χ2n) is 3.99. The third kappa shape index (κ3) is 3.11. The molecular formula is C12H12Cl2N2O2S. The number of aromatic nitrogens is 2. The Labute approximate surface area is 123 Å². The van der Waals surface area contributed by atoms with Crippen molar-refractivity contribution in [3.05, 3.63) is 52.9 Å². The fraction of sp³-hybridized carbons (Fsp3) is 0.333. The van der Waals surface area contributed by atoms with E-state index in [1.165, 1.54) is 15.9 Å². The number of thiophene rings is 1. The summed E-state index contributed by atoms with van der Waals surface area (Å²) in [4.78, 5) is 27.4. The smallest absolute Gasteiger partial charge is 0.297 e. The summed E-state index contributed by atoms with van der Waals surface area (Å²) < 4.78 is 1.87. The van der Waals surface area contributed by atoms with Crippen molar-refractivity contribution in [1.82, 2.24) is 9.55 Å². The van der Waals surface area contributed by atoms with E-state index in [1.807, 2.05) is 13.0 Å². The van der Waals surface area contributed by atoms with Gasteiger partial charge >= 0.3 is 5.69 Å². The third-order valence-corrected chi connectivity index (χ3v) is 4.41. The molecule has 0 amide bonds. The highest BCUT2D eigenvalue weighted by atomic mass is 35.5. The van der Waals surface area contributed by atoms with Gasteiger partial charge in [0.25, 0.3) is 5.56 Å². The summed E-state index contributed by atoms with van der Waals surface area (Å²) in [6, 6.07) is 3.69. The monoisotopic (exact) mass is 318 g/mol. The van der Waals surface area contributed by atoms with Gasteiger partial charge in [-0.2, -0.15) is 0 Å². The van der Waals surface area contributed by atoms with Gasteiger partial charge in [-0.1, -0.05) is 30.1 Å². The summed E-state index contributed by atoms with van der Waals surface area (Å²) in [7, 11) is 0. The van der Waals surface area contributed by atoms with E-state index in [0.29, 0.717) is 29.3 Å². The maximum atomic E-state index is 12.1. The van der Waals surface area contributed by atoms with Crippen molar-refractivity contribution >= 4 is 34.5 Å². The molecule has 2 heterocycles. The Morgan fingerprint density at radius 3 is 2.63 bits per heavy atom. The van der Waals surface area contributed by atoms with Crippen LogP contribution in [-0.4, -0.2) is 9.55 Å². The Bertz CT molecular complexity index is 702. The van der Waals surface area contributed by atoms with E-state index in [1.54, 1.807) is 6.07 Å². The van der Waals surface area contributed by atoms with E-state index in [-0.39, 0.29) is 10.7 Å². The predicted octanol–water partition coefficient (Wildman–Crippen LogP) is 2.71. The molecule has 2 aromatic rings. The van der Waals surface area contributed by atoms with Crippen LogP contribution in [0.15, 0.2) is 21.7 Å². The van der Waals surface area contributed by atoms with Crippen molar-refractivity contribution in [1.29, 1.82) is 0 Å². The fourth-order valence-corrected chi connectivity index (χ4v) is 3.18. The highest BCUT2D eigenvalue weighted by Crippen LogP contribution is 2.21. The van der Waals surface area contributed by atoms with E-state index in [0.717, 1.165) is 4.88 Å². The molecule has 0 aliphatic carbocycles. The average Bonchev–Trinajstić information content (AvgIpc) is 2.75. The van der Waals surface area contributed by atoms with Gasteiger partial charge in [0.2, 0.25) is 0 Å². The van der Waals surface area contributed by atoms with E-state index >= 15 is 0 Å². The average molecular weight is 319 g/mol. The zero-order valence-electron chi connectivity index (χ0n) is 10.2. The highest BCUT2D eigenvalue weighted by Gasteiger charge is 2.11. The van der Waals surface area contributed by atoms with E-state index in [4.69, 9.17) is 23.2 Å². The lowest BCUT2D eigenvalue weighted by atomic mass is 10.2. The first-order valence-corrected chi connectivity index (χ1v) is 7.36. The molecule has 0 saturated carbocycles. The first kappa shape index (κ1) is 14.4. The SMILES string of the molecule is CCc1c(Cl)[nH]c(=O)n(CCc2ccc(Cl)s2)c1=O. The zero-order chi connectivity index (χ0) is 14.0. The number of aromatic amines is 1. The lowest BCUT2D eigenvalue weighted by Gasteiger charge is -2.07. The molecule has 0 unspecified atom stereocenters. The molecular weight excluding hydrogens is 307 g/mol. The molecule has 0 radical (unpaired) electrons. The van der Waals surface area contributed by atoms with Gasteiger partial charge in [-0.05, 0) is 18.6 Å². The van der Waals surface area contributed by atoms with Crippen molar-refractivity contribution in [2.75, 3.05) is 0 Å². The first-order chi connectivity index (χ1) is 9.02. The summed E-state index contributed by atoms with van der Waals surface area (Å²) in [6.45, 7) is 2.14. The van der Waals surface area contributed by atoms with Gasteiger partial charge in [-0.25, -0.2) is 4.79 Å². The van der Waals surface area contributed by atoms with Crippen molar-refractivity contribution in [3.8, 4) is 0 Å². The molecule has 1 N–H and O–H groups in total. The second-order valence-corrected chi connectivity index (χ2v) is 6.17.